The van der Waals surface area contributed by atoms with E-state index >= 15 is 0 Å². The Labute approximate surface area is 537 Å². The summed E-state index contributed by atoms with van der Waals surface area (Å²) in [6.45, 7) is 13.9. The van der Waals surface area contributed by atoms with Gasteiger partial charge in [-0.2, -0.15) is 74.3 Å². The summed E-state index contributed by atoms with van der Waals surface area (Å²) in [7, 11) is 0. The zero-order valence-electron chi connectivity index (χ0n) is 50.7. The standard InChI is InChI=1S/C25H29F3N2O6.C19H24N2O4.C7H8.C5H5F3.5CO2.CH4.H2S/c1-4-34-22(33)21-20(25(26,27)28)17-9-11-24(21,36-17)13-30-19(32)7-5-6-18(31)29-12-23-10-8-16(35-23)14(2)15(23)3;1-13-14(2)19(9-8-16(13)25-19)12-21-18(23)7-3-6-17(22)20-11-15-5-4-10-24-15;1-7-5-3-2-4-6-7;1-2-3-4-5(6,7)8;5*2-1-3;;/h8-11,16-17H,4-7,12-13H2,1-3H3,(H,29,31)(H,30,32);4-5,8-10,16H,3,6-7,11-12H2,1-2H3,(H,20,22)(H,21,23);2-6H,1H3;2H2,1H3;;;;;;1H4;1H2/p-1. The molecule has 6 aliphatic rings. The van der Waals surface area contributed by atoms with Gasteiger partial charge in [0, 0.05) is 38.0 Å². The van der Waals surface area contributed by atoms with Crippen molar-refractivity contribution in [1.82, 2.24) is 21.3 Å². The number of nitrogens with one attached hydrogen (secondary N) is 4. The number of alkyl halides is 6. The van der Waals surface area contributed by atoms with Crippen LogP contribution in [0, 0.1) is 18.8 Å². The van der Waals surface area contributed by atoms with Crippen LogP contribution in [-0.4, -0.2) is 134 Å². The first kappa shape index (κ1) is 87.8. The van der Waals surface area contributed by atoms with Crippen molar-refractivity contribution in [2.75, 3.05) is 26.2 Å². The number of furan rings is 1. The first-order valence-corrected chi connectivity index (χ1v) is 27.1. The number of hydrogen-bond acceptors (Lipinski definition) is 21. The lowest BCUT2D eigenvalue weighted by molar-refractivity contribution is -0.193. The number of amides is 4. The molecule has 4 amide bonds. The van der Waals surface area contributed by atoms with Crippen molar-refractivity contribution in [1.29, 1.82) is 0 Å². The lowest BCUT2D eigenvalue weighted by atomic mass is 9.86. The van der Waals surface area contributed by atoms with Gasteiger partial charge in [0.2, 0.25) is 23.6 Å². The third-order valence-corrected chi connectivity index (χ3v) is 13.3. The molecular formula is C62H71F6N4O20S-. The normalized spacial score (nSPS) is 20.0. The number of halogens is 6. The van der Waals surface area contributed by atoms with Gasteiger partial charge in [-0.1, -0.05) is 74.4 Å². The molecule has 93 heavy (non-hydrogen) atoms. The van der Waals surface area contributed by atoms with Crippen molar-refractivity contribution in [3.8, 4) is 11.8 Å². The highest BCUT2D eigenvalue weighted by Gasteiger charge is 2.59. The maximum Gasteiger partial charge on any atom is 0.457 e. The van der Waals surface area contributed by atoms with Gasteiger partial charge in [0.25, 0.3) is 0 Å². The predicted octanol–water partition coefficient (Wildman–Crippen LogP) is 6.19. The summed E-state index contributed by atoms with van der Waals surface area (Å²) in [5.74, 6) is 1.75. The SMILES string of the molecule is C.CC1=C(C)C2(CNC(=O)CCCC(=O)NCc3ccco3)C=CC1O2.CCC#CC(F)(F)F.CCOC(=O)C1=C(C(F)(F)F)C2C=CC1(CNC(=O)CCCC(=O)NCC13C=CC(O1)C(C)=C3C)O2.Cc1ccccc1.O=C=O.O=C=O.O=C=O.O=C=O.O=C=O.[SH-]. The molecule has 0 saturated heterocycles. The maximum absolute atomic E-state index is 13.6. The lowest BCUT2D eigenvalue weighted by Crippen LogP contribution is -2.44. The predicted molar refractivity (Wildman–Crippen MR) is 310 cm³/mol. The number of carbonyl (C=O) groups is 5. The van der Waals surface area contributed by atoms with Crippen LogP contribution in [-0.2, 0) is 111 Å². The second-order valence-electron chi connectivity index (χ2n) is 19.1. The van der Waals surface area contributed by atoms with Gasteiger partial charge >= 0.3 is 49.1 Å². The molecule has 508 valence electrons. The molecule has 1 aromatic carbocycles. The summed E-state index contributed by atoms with van der Waals surface area (Å²) in [6.07, 6.45) is 4.53. The molecule has 0 fully saturated rings. The van der Waals surface area contributed by atoms with Crippen molar-refractivity contribution >= 4 is 73.9 Å². The molecule has 0 spiro atoms. The summed E-state index contributed by atoms with van der Waals surface area (Å²) < 4.78 is 101. The highest BCUT2D eigenvalue weighted by Crippen LogP contribution is 2.49. The second-order valence-corrected chi connectivity index (χ2v) is 19.1. The molecule has 6 unspecified atom stereocenters. The number of aryl methyl sites for hydroxylation is 1. The van der Waals surface area contributed by atoms with Crippen molar-refractivity contribution in [2.45, 2.75) is 155 Å². The Balaban J connectivity index is -0.00000122. The van der Waals surface area contributed by atoms with Gasteiger partial charge in [-0.05, 0) is 107 Å². The Morgan fingerprint density at radius 1 is 0.548 bits per heavy atom. The van der Waals surface area contributed by atoms with E-state index in [2.05, 4.69) is 47.2 Å². The Hall–Kier alpha value is -9.44. The Morgan fingerprint density at radius 3 is 1.24 bits per heavy atom. The number of fused-ring (bicyclic) bond motifs is 6. The van der Waals surface area contributed by atoms with Crippen LogP contribution >= 0.6 is 0 Å². The molecular weight excluding hydrogens is 1270 g/mol. The molecule has 0 saturated carbocycles. The van der Waals surface area contributed by atoms with Gasteiger partial charge in [-0.25, -0.2) is 4.79 Å². The van der Waals surface area contributed by atoms with Crippen molar-refractivity contribution < 1.29 is 122 Å². The van der Waals surface area contributed by atoms with Crippen LogP contribution in [0.5, 0.6) is 0 Å². The van der Waals surface area contributed by atoms with Gasteiger partial charge in [0.1, 0.15) is 28.7 Å². The van der Waals surface area contributed by atoms with E-state index in [9.17, 15) is 50.3 Å². The Morgan fingerprint density at radius 2 is 0.925 bits per heavy atom. The molecule has 4 N–H and O–H groups in total. The summed E-state index contributed by atoms with van der Waals surface area (Å²) >= 11 is 0. The van der Waals surface area contributed by atoms with Gasteiger partial charge < -0.3 is 58.1 Å². The molecule has 31 heteroatoms. The fraction of sp³-hybridized carbons (Fsp3) is 0.452. The lowest BCUT2D eigenvalue weighted by Gasteiger charge is -2.26. The highest BCUT2D eigenvalue weighted by atomic mass is 32.1. The smallest absolute Gasteiger partial charge is 0.457 e. The summed E-state index contributed by atoms with van der Waals surface area (Å²) in [4.78, 5) is 142. The van der Waals surface area contributed by atoms with Crippen LogP contribution in [0.2, 0.25) is 0 Å². The molecule has 1 aromatic heterocycles. The number of thiol groups is 1. The van der Waals surface area contributed by atoms with E-state index in [1.165, 1.54) is 35.8 Å². The van der Waals surface area contributed by atoms with E-state index in [0.717, 1.165) is 17.1 Å². The van der Waals surface area contributed by atoms with Crippen LogP contribution in [0.25, 0.3) is 0 Å². The minimum absolute atomic E-state index is 0. The minimum atomic E-state index is -4.79. The van der Waals surface area contributed by atoms with Crippen LogP contribution in [0.3, 0.4) is 0 Å². The van der Waals surface area contributed by atoms with Crippen molar-refractivity contribution in [3.05, 3.63) is 130 Å². The van der Waals surface area contributed by atoms with Crippen molar-refractivity contribution in [2.24, 2.45) is 0 Å². The Kier molecular flexibility index (Phi) is 42.4. The number of benzene rings is 1. The molecule has 6 bridgehead atoms. The van der Waals surface area contributed by atoms with Gasteiger partial charge in [-0.3, -0.25) is 19.2 Å². The first-order valence-electron chi connectivity index (χ1n) is 27.1. The molecule has 2 aromatic rings. The van der Waals surface area contributed by atoms with Gasteiger partial charge in [-0.15, -0.1) is 0 Å². The van der Waals surface area contributed by atoms with Crippen LogP contribution in [0.4, 0.5) is 26.3 Å². The van der Waals surface area contributed by atoms with E-state index in [1.54, 1.807) is 25.3 Å². The van der Waals surface area contributed by atoms with Crippen LogP contribution < -0.4 is 21.3 Å². The third kappa shape index (κ3) is 30.0. The largest absolute Gasteiger partial charge is 0.813 e. The van der Waals surface area contributed by atoms with Crippen LogP contribution in [0.15, 0.2) is 123 Å². The summed E-state index contributed by atoms with van der Waals surface area (Å²) in [5.41, 5.74) is 1.36. The molecule has 6 atom stereocenters. The summed E-state index contributed by atoms with van der Waals surface area (Å²) in [5, 5.41) is 11.1. The van der Waals surface area contributed by atoms with E-state index in [0.29, 0.717) is 44.7 Å². The van der Waals surface area contributed by atoms with E-state index in [-0.39, 0.29) is 120 Å². The zero-order chi connectivity index (χ0) is 69.4. The molecule has 0 radical (unpaired) electrons. The fourth-order valence-corrected chi connectivity index (χ4v) is 8.93. The summed E-state index contributed by atoms with van der Waals surface area (Å²) in [6, 6.07) is 13.8. The van der Waals surface area contributed by atoms with Gasteiger partial charge in [0.15, 0.2) is 0 Å². The van der Waals surface area contributed by atoms with E-state index in [4.69, 9.17) is 71.3 Å². The minimum Gasteiger partial charge on any atom is -0.813 e. The topological polar surface area (TPSA) is 354 Å². The quantitative estimate of drug-likeness (QED) is 0.0322. The number of esters is 1. The third-order valence-electron chi connectivity index (χ3n) is 13.3. The number of hydrogen-bond donors (Lipinski definition) is 4. The fourth-order valence-electron chi connectivity index (χ4n) is 8.93. The Bertz CT molecular complexity index is 3120. The molecule has 7 heterocycles. The molecule has 24 nitrogen and oxygen atoms in total. The molecule has 8 rings (SSSR count). The highest BCUT2D eigenvalue weighted by molar-refractivity contribution is 7.37. The maximum atomic E-state index is 13.6. The molecule has 0 aliphatic carbocycles. The second kappa shape index (κ2) is 44.9. The average Bonchev–Trinajstić information content (AvgIpc) is 1.59. The van der Waals surface area contributed by atoms with Gasteiger partial charge in [0.05, 0.1) is 62.4 Å². The van der Waals surface area contributed by atoms with Crippen molar-refractivity contribution in [3.63, 3.8) is 0 Å². The first-order chi connectivity index (χ1) is 42.9. The average molecular weight is 1340 g/mol. The van der Waals surface area contributed by atoms with E-state index in [1.807, 2.05) is 69.2 Å². The number of carbonyl (C=O) groups excluding carboxylic acids is 15. The molecule has 6 aliphatic heterocycles. The van der Waals surface area contributed by atoms with Crippen LogP contribution in [0.1, 0.15) is 105 Å². The van der Waals surface area contributed by atoms with E-state index < -0.39 is 58.3 Å². The number of rotatable bonds is 18. The monoisotopic (exact) mass is 1340 g/mol. The number of ether oxygens (including phenoxy) is 4. The zero-order valence-corrected chi connectivity index (χ0v) is 51.6.